The van der Waals surface area contributed by atoms with Crippen molar-refractivity contribution in [3.8, 4) is 6.01 Å². The van der Waals surface area contributed by atoms with Crippen LogP contribution in [0, 0.1) is 13.5 Å². The van der Waals surface area contributed by atoms with Gasteiger partial charge in [-0.2, -0.15) is 9.97 Å². The predicted octanol–water partition coefficient (Wildman–Crippen LogP) is 5.35. The van der Waals surface area contributed by atoms with Gasteiger partial charge >= 0.3 is 6.01 Å². The molecule has 2 fully saturated rings. The van der Waals surface area contributed by atoms with Crippen LogP contribution in [-0.2, 0) is 22.5 Å². The lowest BCUT2D eigenvalue weighted by Crippen LogP contribution is -2.56. The molecular formula is C35H42N6O3. The lowest BCUT2D eigenvalue weighted by atomic mass is 9.99. The van der Waals surface area contributed by atoms with Crippen LogP contribution in [0.4, 0.5) is 11.5 Å². The first-order valence-corrected chi connectivity index (χ1v) is 15.9. The van der Waals surface area contributed by atoms with Crippen molar-refractivity contribution in [3.63, 3.8) is 0 Å². The second kappa shape index (κ2) is 13.2. The van der Waals surface area contributed by atoms with Gasteiger partial charge < -0.3 is 29.0 Å². The molecule has 1 aromatic heterocycles. The number of rotatable bonds is 9. The average Bonchev–Trinajstić information content (AvgIpc) is 3.57. The summed E-state index contributed by atoms with van der Waals surface area (Å²) in [5.41, 5.74) is 4.54. The zero-order valence-corrected chi connectivity index (χ0v) is 25.9. The van der Waals surface area contributed by atoms with E-state index in [2.05, 4.69) is 64.5 Å². The molecule has 2 aromatic carbocycles. The molecule has 1 saturated carbocycles. The van der Waals surface area contributed by atoms with E-state index in [4.69, 9.17) is 26.0 Å². The number of aromatic nitrogens is 2. The Kier molecular flexibility index (Phi) is 8.99. The smallest absolute Gasteiger partial charge is 0.319 e. The summed E-state index contributed by atoms with van der Waals surface area (Å²) >= 11 is 0. The summed E-state index contributed by atoms with van der Waals surface area (Å²) in [5, 5.41) is 2.50. The Morgan fingerprint density at radius 1 is 1.14 bits per heavy atom. The van der Waals surface area contributed by atoms with Crippen molar-refractivity contribution in [3.05, 3.63) is 77.3 Å². The highest BCUT2D eigenvalue weighted by atomic mass is 16.5. The standard InChI is InChI=1S/C35H42N6O3/c1-5-32(42)41-19-18-40(21-27(41)20-36-4)34-29-16-17-39(31-15-9-12-26-11-8-10-24(2)33(26)31)22-30(29)37-35(38-34)44-25(3)23-43-28-13-6-7-14-28/h5,8-12,15,25,27-28H,1,6-7,13-14,16-23H2,2-3H3/t25-,27-/m0/s1. The van der Waals surface area contributed by atoms with E-state index in [1.807, 2.05) is 6.92 Å². The van der Waals surface area contributed by atoms with E-state index in [9.17, 15) is 4.79 Å². The number of amides is 1. The molecule has 6 rings (SSSR count). The SMILES string of the molecule is [C-]#[N+]C[C@H]1CN(c2nc(O[C@@H](C)COC3CCCC3)nc3c2CCN(c2cccc4cccc(C)c24)C3)CCN1C(=O)C=C. The van der Waals surface area contributed by atoms with Crippen LogP contribution in [0.1, 0.15) is 49.4 Å². The number of carbonyl (C=O) groups is 1. The molecule has 0 N–H and O–H groups in total. The highest BCUT2D eigenvalue weighted by molar-refractivity contribution is 5.97. The summed E-state index contributed by atoms with van der Waals surface area (Å²) < 4.78 is 12.5. The Morgan fingerprint density at radius 3 is 2.70 bits per heavy atom. The number of anilines is 2. The highest BCUT2D eigenvalue weighted by Crippen LogP contribution is 2.36. The van der Waals surface area contributed by atoms with Gasteiger partial charge in [-0.05, 0) is 56.2 Å². The van der Waals surface area contributed by atoms with Gasteiger partial charge in [0.1, 0.15) is 18.0 Å². The van der Waals surface area contributed by atoms with E-state index in [-0.39, 0.29) is 24.6 Å². The Labute approximate surface area is 260 Å². The number of ether oxygens (including phenoxy) is 2. The van der Waals surface area contributed by atoms with Gasteiger partial charge in [0.25, 0.3) is 0 Å². The molecule has 230 valence electrons. The van der Waals surface area contributed by atoms with Crippen molar-refractivity contribution in [2.24, 2.45) is 0 Å². The maximum atomic E-state index is 12.6. The van der Waals surface area contributed by atoms with Crippen LogP contribution in [0.15, 0.2) is 49.1 Å². The lowest BCUT2D eigenvalue weighted by molar-refractivity contribution is -0.128. The van der Waals surface area contributed by atoms with Gasteiger partial charge in [-0.3, -0.25) is 4.79 Å². The lowest BCUT2D eigenvalue weighted by Gasteiger charge is -2.41. The van der Waals surface area contributed by atoms with Gasteiger partial charge in [0.05, 0.1) is 24.9 Å². The molecule has 0 radical (unpaired) electrons. The molecule has 3 heterocycles. The van der Waals surface area contributed by atoms with Gasteiger partial charge in [-0.15, -0.1) is 0 Å². The van der Waals surface area contributed by atoms with E-state index in [1.54, 1.807) is 4.90 Å². The molecule has 1 amide bonds. The first-order chi connectivity index (χ1) is 21.4. The van der Waals surface area contributed by atoms with Crippen LogP contribution in [-0.4, -0.2) is 78.4 Å². The summed E-state index contributed by atoms with van der Waals surface area (Å²) in [4.78, 5) is 32.6. The molecular weight excluding hydrogens is 552 g/mol. The summed E-state index contributed by atoms with van der Waals surface area (Å²) in [6, 6.07) is 13.1. The van der Waals surface area contributed by atoms with E-state index in [0.717, 1.165) is 42.9 Å². The van der Waals surface area contributed by atoms with Crippen molar-refractivity contribution < 1.29 is 14.3 Å². The zero-order valence-electron chi connectivity index (χ0n) is 25.9. The van der Waals surface area contributed by atoms with Gasteiger partial charge in [0.2, 0.25) is 12.5 Å². The third kappa shape index (κ3) is 6.22. The van der Waals surface area contributed by atoms with Crippen molar-refractivity contribution in [1.29, 1.82) is 0 Å². The predicted molar refractivity (Wildman–Crippen MR) is 173 cm³/mol. The maximum Gasteiger partial charge on any atom is 0.319 e. The molecule has 44 heavy (non-hydrogen) atoms. The minimum Gasteiger partial charge on any atom is -0.458 e. The largest absolute Gasteiger partial charge is 0.458 e. The number of aryl methyl sites for hydroxylation is 1. The van der Waals surface area contributed by atoms with Crippen LogP contribution in [0.2, 0.25) is 0 Å². The summed E-state index contributed by atoms with van der Waals surface area (Å²) in [7, 11) is 0. The van der Waals surface area contributed by atoms with Crippen LogP contribution in [0.25, 0.3) is 15.6 Å². The van der Waals surface area contributed by atoms with E-state index < -0.39 is 0 Å². The molecule has 1 aliphatic carbocycles. The molecule has 3 aliphatic rings. The Balaban J connectivity index is 1.31. The summed E-state index contributed by atoms with van der Waals surface area (Å²) in [6.07, 6.45) is 6.92. The second-order valence-electron chi connectivity index (χ2n) is 12.2. The van der Waals surface area contributed by atoms with Crippen LogP contribution in [0.3, 0.4) is 0 Å². The first kappa shape index (κ1) is 29.9. The minimum absolute atomic E-state index is 0.135. The summed E-state index contributed by atoms with van der Waals surface area (Å²) in [5.74, 6) is 0.715. The van der Waals surface area contributed by atoms with Crippen molar-refractivity contribution in [2.75, 3.05) is 49.1 Å². The number of hydrogen-bond donors (Lipinski definition) is 0. The van der Waals surface area contributed by atoms with Crippen molar-refractivity contribution >= 4 is 28.2 Å². The van der Waals surface area contributed by atoms with E-state index >= 15 is 0 Å². The molecule has 0 bridgehead atoms. The molecule has 3 aromatic rings. The van der Waals surface area contributed by atoms with E-state index in [1.165, 1.54) is 40.9 Å². The second-order valence-corrected chi connectivity index (χ2v) is 12.2. The molecule has 9 nitrogen and oxygen atoms in total. The van der Waals surface area contributed by atoms with Gasteiger partial charge in [-0.1, -0.05) is 49.8 Å². The number of benzene rings is 2. The van der Waals surface area contributed by atoms with E-state index in [0.29, 0.717) is 44.9 Å². The highest BCUT2D eigenvalue weighted by Gasteiger charge is 2.35. The van der Waals surface area contributed by atoms with Gasteiger partial charge in [0, 0.05) is 42.8 Å². The van der Waals surface area contributed by atoms with Crippen LogP contribution < -0.4 is 14.5 Å². The number of fused-ring (bicyclic) bond motifs is 2. The molecule has 2 atom stereocenters. The quantitative estimate of drug-likeness (QED) is 0.244. The van der Waals surface area contributed by atoms with Crippen LogP contribution >= 0.6 is 0 Å². The Morgan fingerprint density at radius 2 is 1.93 bits per heavy atom. The molecule has 0 unspecified atom stereocenters. The number of hydrogen-bond acceptors (Lipinski definition) is 7. The molecule has 0 spiro atoms. The first-order valence-electron chi connectivity index (χ1n) is 15.9. The third-order valence-corrected chi connectivity index (χ3v) is 9.17. The normalized spacial score (nSPS) is 19.5. The monoisotopic (exact) mass is 594 g/mol. The van der Waals surface area contributed by atoms with Crippen molar-refractivity contribution in [2.45, 2.75) is 70.7 Å². The number of nitrogens with zero attached hydrogens (tertiary/aromatic N) is 6. The number of piperazine rings is 1. The fraction of sp³-hybridized carbons (Fsp3) is 0.486. The van der Waals surface area contributed by atoms with Gasteiger partial charge in [-0.25, -0.2) is 6.57 Å². The fourth-order valence-electron chi connectivity index (χ4n) is 6.93. The molecule has 9 heteroatoms. The summed E-state index contributed by atoms with van der Waals surface area (Å²) in [6.45, 7) is 19.2. The Bertz CT molecular complexity index is 1560. The third-order valence-electron chi connectivity index (χ3n) is 9.17. The van der Waals surface area contributed by atoms with Crippen LogP contribution in [0.5, 0.6) is 6.01 Å². The average molecular weight is 595 g/mol. The number of carbonyl (C=O) groups excluding carboxylic acids is 1. The molecule has 1 saturated heterocycles. The Hall–Kier alpha value is -4.16. The topological polar surface area (TPSA) is 75.4 Å². The zero-order chi connectivity index (χ0) is 30.6. The molecule has 2 aliphatic heterocycles. The minimum atomic E-state index is -0.237. The maximum absolute atomic E-state index is 12.6. The van der Waals surface area contributed by atoms with Gasteiger partial charge in [0.15, 0.2) is 0 Å². The fourth-order valence-corrected chi connectivity index (χ4v) is 6.93. The van der Waals surface area contributed by atoms with Crippen molar-refractivity contribution in [1.82, 2.24) is 14.9 Å².